The number of aryl methyl sites for hydroxylation is 1. The zero-order valence-electron chi connectivity index (χ0n) is 44.3. The summed E-state index contributed by atoms with van der Waals surface area (Å²) in [6.07, 6.45) is 8.88. The Hall–Kier alpha value is -5.06. The lowest BCUT2D eigenvalue weighted by Gasteiger charge is -2.45. The molecule has 0 saturated heterocycles. The first-order valence-corrected chi connectivity index (χ1v) is 27.2. The van der Waals surface area contributed by atoms with Crippen LogP contribution in [0.25, 0.3) is 21.2 Å². The van der Waals surface area contributed by atoms with Gasteiger partial charge in [-0.05, 0) is 163 Å². The van der Waals surface area contributed by atoms with Crippen LogP contribution in [0.5, 0.6) is 0 Å². The minimum absolute atomic E-state index is 0.00101. The highest BCUT2D eigenvalue weighted by molar-refractivity contribution is 7.33. The van der Waals surface area contributed by atoms with E-state index in [0.717, 1.165) is 0 Å². The van der Waals surface area contributed by atoms with Crippen LogP contribution >= 0.6 is 11.3 Å². The van der Waals surface area contributed by atoms with Gasteiger partial charge >= 0.3 is 0 Å². The molecule has 2 aliphatic heterocycles. The molecule has 1 aromatic heterocycles. The topological polar surface area (TPSA) is 6.48 Å². The molecule has 6 aromatic carbocycles. The molecule has 69 heavy (non-hydrogen) atoms. The van der Waals surface area contributed by atoms with E-state index in [-0.39, 0.29) is 33.8 Å². The molecule has 2 aliphatic carbocycles. The van der Waals surface area contributed by atoms with Crippen LogP contribution in [0.2, 0.25) is 0 Å². The van der Waals surface area contributed by atoms with E-state index in [9.17, 15) is 0 Å². The predicted octanol–water partition coefficient (Wildman–Crippen LogP) is 17.2. The van der Waals surface area contributed by atoms with Crippen molar-refractivity contribution in [3.05, 3.63) is 148 Å². The molecule has 0 atom stereocenters. The molecule has 0 N–H and O–H groups in total. The SMILES string of the molecule is Cc1cc2c3c(c1)N(c1ccccc1C1CCCCC1)c1c(sc4cc5c(cc14)C(C)(C)CCC5(C)C)B3c1cc(C(C)(C)C)ccc1N2c1ccccc1-c1cc(C(C)(C)C)cc(C(C)(C)C)c1. The van der Waals surface area contributed by atoms with Crippen molar-refractivity contribution < 1.29 is 0 Å². The van der Waals surface area contributed by atoms with Gasteiger partial charge in [0, 0.05) is 43.2 Å². The molecule has 2 nitrogen and oxygen atoms in total. The molecular weight excluding hydrogens is 852 g/mol. The fourth-order valence-corrected chi connectivity index (χ4v) is 14.0. The van der Waals surface area contributed by atoms with E-state index in [1.54, 1.807) is 5.56 Å². The third kappa shape index (κ3) is 7.64. The van der Waals surface area contributed by atoms with Crippen molar-refractivity contribution in [1.29, 1.82) is 0 Å². The number of hydrogen-bond acceptors (Lipinski definition) is 3. The fraction of sp³-hybridized carbons (Fsp3) is 0.415. The second kappa shape index (κ2) is 16.0. The van der Waals surface area contributed by atoms with Gasteiger partial charge < -0.3 is 9.80 Å². The first-order valence-electron chi connectivity index (χ1n) is 26.4. The van der Waals surface area contributed by atoms with Crippen molar-refractivity contribution in [1.82, 2.24) is 0 Å². The van der Waals surface area contributed by atoms with Gasteiger partial charge in [-0.3, -0.25) is 0 Å². The van der Waals surface area contributed by atoms with Gasteiger partial charge in [-0.1, -0.05) is 176 Å². The van der Waals surface area contributed by atoms with E-state index in [0.29, 0.717) is 5.92 Å². The second-order valence-electron chi connectivity index (χ2n) is 26.0. The number of thiophene rings is 1. The van der Waals surface area contributed by atoms with Gasteiger partial charge in [0.1, 0.15) is 0 Å². The Morgan fingerprint density at radius 2 is 1.13 bits per heavy atom. The number of fused-ring (bicyclic) bond motifs is 7. The van der Waals surface area contributed by atoms with Gasteiger partial charge in [0.15, 0.2) is 0 Å². The first-order chi connectivity index (χ1) is 32.5. The summed E-state index contributed by atoms with van der Waals surface area (Å²) in [5, 5.41) is 1.42. The number of anilines is 6. The molecule has 4 aliphatic rings. The highest BCUT2D eigenvalue weighted by Gasteiger charge is 2.47. The van der Waals surface area contributed by atoms with Crippen LogP contribution in [-0.2, 0) is 27.1 Å². The summed E-state index contributed by atoms with van der Waals surface area (Å²) >= 11 is 2.08. The average Bonchev–Trinajstić information content (AvgIpc) is 3.67. The van der Waals surface area contributed by atoms with E-state index >= 15 is 0 Å². The van der Waals surface area contributed by atoms with Crippen LogP contribution in [0, 0.1) is 6.92 Å². The van der Waals surface area contributed by atoms with Crippen molar-refractivity contribution in [2.45, 2.75) is 175 Å². The molecule has 7 aromatic rings. The minimum Gasteiger partial charge on any atom is -0.311 e. The Labute approximate surface area is 419 Å². The molecule has 0 bridgehead atoms. The van der Waals surface area contributed by atoms with Crippen LogP contribution in [0.1, 0.15) is 180 Å². The zero-order chi connectivity index (χ0) is 48.7. The average molecular weight is 927 g/mol. The number of rotatable bonds is 4. The Balaban J connectivity index is 1.25. The van der Waals surface area contributed by atoms with Crippen LogP contribution < -0.4 is 25.5 Å². The molecule has 0 radical (unpaired) electrons. The second-order valence-corrected chi connectivity index (χ2v) is 27.1. The normalized spacial score (nSPS) is 17.7. The molecule has 4 heteroatoms. The van der Waals surface area contributed by atoms with Crippen LogP contribution in [0.4, 0.5) is 34.1 Å². The number of hydrogen-bond donors (Lipinski definition) is 0. The van der Waals surface area contributed by atoms with E-state index in [2.05, 4.69) is 227 Å². The summed E-state index contributed by atoms with van der Waals surface area (Å²) in [7, 11) is 0. The monoisotopic (exact) mass is 927 g/mol. The summed E-state index contributed by atoms with van der Waals surface area (Å²) in [5.41, 5.74) is 23.5. The lowest BCUT2D eigenvalue weighted by atomic mass is 9.36. The molecule has 354 valence electrons. The number of nitrogens with zero attached hydrogens (tertiary/aromatic N) is 2. The van der Waals surface area contributed by atoms with Crippen molar-refractivity contribution >= 4 is 78.0 Å². The standard InChI is InChI=1S/C65H75BN2S/c1-40-32-55-58-56(33-40)68(53-27-21-18-24-46(53)41-22-16-15-17-23-41)59-48-38-49-50(65(13,14)31-30-64(49,11)12)39-57(48)69-60(59)66(58)51-37-43(61(2,3)4)28-29-54(51)67(55)52-26-20-19-25-47(52)42-34-44(62(5,6)7)36-45(35-42)63(8,9)10/h18-21,24-29,32-39,41H,15-17,22-23,30-31H2,1-14H3. The third-order valence-electron chi connectivity index (χ3n) is 17.0. The minimum atomic E-state index is -0.0241. The molecular formula is C65H75BN2S. The Morgan fingerprint density at radius 3 is 1.77 bits per heavy atom. The maximum atomic E-state index is 2.79. The molecule has 0 spiro atoms. The first kappa shape index (κ1) is 46.3. The molecule has 11 rings (SSSR count). The summed E-state index contributed by atoms with van der Waals surface area (Å²) < 4.78 is 2.90. The summed E-state index contributed by atoms with van der Waals surface area (Å²) in [5.74, 6) is 0.550. The molecule has 0 amide bonds. The van der Waals surface area contributed by atoms with Gasteiger partial charge in [0.2, 0.25) is 0 Å². The highest BCUT2D eigenvalue weighted by Crippen LogP contribution is 2.54. The molecule has 0 unspecified atom stereocenters. The van der Waals surface area contributed by atoms with Gasteiger partial charge in [0.25, 0.3) is 6.71 Å². The lowest BCUT2D eigenvalue weighted by molar-refractivity contribution is 0.332. The third-order valence-corrected chi connectivity index (χ3v) is 18.2. The largest absolute Gasteiger partial charge is 0.311 e. The summed E-state index contributed by atoms with van der Waals surface area (Å²) in [6, 6.07) is 44.1. The van der Waals surface area contributed by atoms with Crippen LogP contribution in [0.15, 0.2) is 109 Å². The van der Waals surface area contributed by atoms with Crippen molar-refractivity contribution in [2.75, 3.05) is 9.80 Å². The van der Waals surface area contributed by atoms with Crippen LogP contribution in [-0.4, -0.2) is 6.71 Å². The maximum absolute atomic E-state index is 2.79. The van der Waals surface area contributed by atoms with Crippen LogP contribution in [0.3, 0.4) is 0 Å². The number of para-hydroxylation sites is 2. The Morgan fingerprint density at radius 1 is 0.551 bits per heavy atom. The van der Waals surface area contributed by atoms with Gasteiger partial charge in [-0.2, -0.15) is 0 Å². The quantitative estimate of drug-likeness (QED) is 0.162. The molecule has 3 heterocycles. The van der Waals surface area contributed by atoms with Gasteiger partial charge in [-0.25, -0.2) is 0 Å². The maximum Gasteiger partial charge on any atom is 0.264 e. The van der Waals surface area contributed by atoms with Crippen molar-refractivity contribution in [3.63, 3.8) is 0 Å². The van der Waals surface area contributed by atoms with Gasteiger partial charge in [0.05, 0.1) is 11.4 Å². The number of benzene rings is 6. The Kier molecular flexibility index (Phi) is 10.7. The van der Waals surface area contributed by atoms with Crippen molar-refractivity contribution in [3.8, 4) is 11.1 Å². The highest BCUT2D eigenvalue weighted by atomic mass is 32.1. The smallest absolute Gasteiger partial charge is 0.264 e. The lowest BCUT2D eigenvalue weighted by Crippen LogP contribution is -2.60. The molecule has 1 fully saturated rings. The van der Waals surface area contributed by atoms with E-state index in [4.69, 9.17) is 0 Å². The fourth-order valence-electron chi connectivity index (χ4n) is 12.7. The zero-order valence-corrected chi connectivity index (χ0v) is 45.1. The van der Waals surface area contributed by atoms with Crippen molar-refractivity contribution in [2.24, 2.45) is 0 Å². The predicted molar refractivity (Wildman–Crippen MR) is 303 cm³/mol. The summed E-state index contributed by atoms with van der Waals surface area (Å²) in [4.78, 5) is 5.46. The van der Waals surface area contributed by atoms with E-state index in [1.165, 1.54) is 149 Å². The van der Waals surface area contributed by atoms with Gasteiger partial charge in [-0.15, -0.1) is 11.3 Å². The Bertz CT molecular complexity index is 3160. The van der Waals surface area contributed by atoms with E-state index in [1.807, 2.05) is 0 Å². The summed E-state index contributed by atoms with van der Waals surface area (Å²) in [6.45, 7) is 33.6. The molecule has 1 saturated carbocycles. The van der Waals surface area contributed by atoms with E-state index < -0.39 is 0 Å².